The summed E-state index contributed by atoms with van der Waals surface area (Å²) in [6.07, 6.45) is 5.87. The van der Waals surface area contributed by atoms with Crippen molar-refractivity contribution in [3.05, 3.63) is 12.7 Å². The molecule has 2 rings (SSSR count). The lowest BCUT2D eigenvalue weighted by molar-refractivity contribution is -0.145. The fraction of sp³-hybridized carbons (Fsp3) is 0.682. The molecule has 0 radical (unpaired) electrons. The van der Waals surface area contributed by atoms with Gasteiger partial charge in [-0.1, -0.05) is 26.2 Å². The summed E-state index contributed by atoms with van der Waals surface area (Å²) < 4.78 is 26.6. The zero-order valence-corrected chi connectivity index (χ0v) is 22.5. The summed E-state index contributed by atoms with van der Waals surface area (Å²) in [7, 11) is -3.73. The summed E-state index contributed by atoms with van der Waals surface area (Å²) in [5.74, 6) is -1.52. The summed E-state index contributed by atoms with van der Waals surface area (Å²) >= 11 is 0. The van der Waals surface area contributed by atoms with Crippen LogP contribution in [0.25, 0.3) is 11.2 Å². The van der Waals surface area contributed by atoms with Crippen LogP contribution in [0.15, 0.2) is 12.7 Å². The summed E-state index contributed by atoms with van der Waals surface area (Å²) in [6, 6.07) is -0.949. The number of carboxylic acids is 1. The summed E-state index contributed by atoms with van der Waals surface area (Å²) in [6.45, 7) is 8.70. The van der Waals surface area contributed by atoms with Gasteiger partial charge in [-0.25, -0.2) is 25.1 Å². The fourth-order valence-electron chi connectivity index (χ4n) is 3.39. The lowest BCUT2D eigenvalue weighted by atomic mass is 10.1. The Morgan fingerprint density at radius 2 is 1.94 bits per heavy atom. The molecular weight excluding hydrogens is 489 g/mol. The van der Waals surface area contributed by atoms with E-state index in [1.807, 2.05) is 0 Å². The molecule has 0 aliphatic carbocycles. The highest BCUT2D eigenvalue weighted by atomic mass is 31.2. The van der Waals surface area contributed by atoms with E-state index in [4.69, 9.17) is 15.2 Å². The van der Waals surface area contributed by atoms with Crippen molar-refractivity contribution in [1.29, 1.82) is 0 Å². The number of nitrogens with two attached hydrogens (primary N) is 1. The number of aliphatic carboxylic acids is 1. The van der Waals surface area contributed by atoms with Gasteiger partial charge in [0.1, 0.15) is 29.8 Å². The Hall–Kier alpha value is -2.60. The number of carbonyl (C=O) groups excluding carboxylic acids is 1. The number of hydrogen-bond acceptors (Lipinski definition) is 9. The number of nitrogen functional groups attached to an aromatic ring is 1. The minimum Gasteiger partial charge on any atom is -0.480 e. The molecule has 13 nitrogen and oxygen atoms in total. The molecule has 0 bridgehead atoms. The summed E-state index contributed by atoms with van der Waals surface area (Å²) in [4.78, 5) is 36.4. The number of nitrogens with one attached hydrogen (secondary N) is 2. The molecule has 0 saturated carbocycles. The van der Waals surface area contributed by atoms with Gasteiger partial charge in [0.2, 0.25) is 7.44 Å². The Morgan fingerprint density at radius 1 is 1.22 bits per heavy atom. The molecule has 2 aromatic heterocycles. The maximum Gasteiger partial charge on any atom is 0.323 e. The second-order valence-electron chi connectivity index (χ2n) is 9.30. The first-order valence-corrected chi connectivity index (χ1v) is 13.9. The highest BCUT2D eigenvalue weighted by molar-refractivity contribution is 7.59. The normalized spacial score (nSPS) is 15.4. The largest absolute Gasteiger partial charge is 0.480 e. The monoisotopic (exact) mass is 527 g/mol. The van der Waals surface area contributed by atoms with Crippen LogP contribution in [0.2, 0.25) is 0 Å². The second-order valence-corrected chi connectivity index (χ2v) is 11.5. The number of hydrogen-bond donors (Lipinski definition) is 4. The number of ether oxygens (including phenoxy) is 2. The van der Waals surface area contributed by atoms with Crippen LogP contribution in [-0.4, -0.2) is 67.2 Å². The van der Waals surface area contributed by atoms with Crippen LogP contribution in [0.3, 0.4) is 0 Å². The van der Waals surface area contributed by atoms with Crippen molar-refractivity contribution < 1.29 is 28.7 Å². The van der Waals surface area contributed by atoms with Crippen molar-refractivity contribution in [1.82, 2.24) is 29.7 Å². The minimum absolute atomic E-state index is 0.257. The van der Waals surface area contributed by atoms with E-state index >= 15 is 0 Å². The molecule has 0 spiro atoms. The standard InChI is InChI=1S/C22H38N7O6P/c1-6-7-8-9-10-34-20(30)16(3)27-36(33,28-22(4,5)21(31)32)14-35-15(2)11-29-13-26-17-18(23)24-12-25-19(17)29/h12-13,15-16H,6-11,14H2,1-5H3,(H,31,32)(H2,23,24,25)(H2,27,28,33)/t15-,16-,36+/m1/s1. The lowest BCUT2D eigenvalue weighted by Crippen LogP contribution is -2.49. The lowest BCUT2D eigenvalue weighted by Gasteiger charge is -2.31. The van der Waals surface area contributed by atoms with Crippen LogP contribution < -0.4 is 15.9 Å². The van der Waals surface area contributed by atoms with Gasteiger partial charge < -0.3 is 24.9 Å². The molecule has 5 N–H and O–H groups in total. The number of fused-ring (bicyclic) bond motifs is 1. The molecule has 0 aliphatic heterocycles. The third-order valence-electron chi connectivity index (χ3n) is 5.42. The molecule has 2 heterocycles. The smallest absolute Gasteiger partial charge is 0.323 e. The SMILES string of the molecule is CCCCCCOC(=O)[C@@H](C)N[P@@](=O)(CO[C@H](C)Cn1cnc2c(N)ncnc21)NC(C)(C)C(=O)O. The van der Waals surface area contributed by atoms with Gasteiger partial charge in [0.25, 0.3) is 0 Å². The van der Waals surface area contributed by atoms with Gasteiger partial charge in [0, 0.05) is 0 Å². The molecule has 0 amide bonds. The fourth-order valence-corrected chi connectivity index (χ4v) is 5.79. The third-order valence-corrected chi connectivity index (χ3v) is 7.65. The van der Waals surface area contributed by atoms with Crippen molar-refractivity contribution >= 4 is 36.4 Å². The first-order valence-electron chi connectivity index (χ1n) is 12.0. The molecule has 202 valence electrons. The molecule has 0 unspecified atom stereocenters. The van der Waals surface area contributed by atoms with Gasteiger partial charge in [-0.3, -0.25) is 14.2 Å². The first kappa shape index (κ1) is 29.6. The second kappa shape index (κ2) is 13.1. The van der Waals surface area contributed by atoms with E-state index in [9.17, 15) is 19.3 Å². The number of esters is 1. The van der Waals surface area contributed by atoms with Gasteiger partial charge in [-0.15, -0.1) is 0 Å². The van der Waals surface area contributed by atoms with Crippen LogP contribution in [0.4, 0.5) is 5.82 Å². The van der Waals surface area contributed by atoms with E-state index in [2.05, 4.69) is 32.1 Å². The molecule has 0 saturated heterocycles. The van der Waals surface area contributed by atoms with Gasteiger partial charge in [-0.05, 0) is 34.1 Å². The molecule has 0 fully saturated rings. The average Bonchev–Trinajstić information content (AvgIpc) is 3.21. The van der Waals surface area contributed by atoms with E-state index in [1.165, 1.54) is 27.1 Å². The molecule has 14 heteroatoms. The van der Waals surface area contributed by atoms with E-state index < -0.39 is 37.1 Å². The number of nitrogens with zero attached hydrogens (tertiary/aromatic N) is 4. The molecule has 36 heavy (non-hydrogen) atoms. The van der Waals surface area contributed by atoms with Crippen LogP contribution in [0, 0.1) is 0 Å². The highest BCUT2D eigenvalue weighted by Crippen LogP contribution is 2.40. The third kappa shape index (κ3) is 8.51. The minimum atomic E-state index is -3.73. The topological polar surface area (TPSA) is 184 Å². The number of aromatic nitrogens is 4. The maximum absolute atomic E-state index is 13.8. The zero-order chi connectivity index (χ0) is 26.9. The summed E-state index contributed by atoms with van der Waals surface area (Å²) in [5.41, 5.74) is 5.27. The first-order chi connectivity index (χ1) is 16.9. The number of unbranched alkanes of at least 4 members (excludes halogenated alkanes) is 3. The highest BCUT2D eigenvalue weighted by Gasteiger charge is 2.38. The van der Waals surface area contributed by atoms with E-state index in [0.717, 1.165) is 25.7 Å². The van der Waals surface area contributed by atoms with Crippen molar-refractivity contribution in [2.24, 2.45) is 0 Å². The average molecular weight is 528 g/mol. The number of rotatable bonds is 16. The Bertz CT molecular complexity index is 1080. The van der Waals surface area contributed by atoms with E-state index in [0.29, 0.717) is 17.7 Å². The van der Waals surface area contributed by atoms with E-state index in [1.54, 1.807) is 17.8 Å². The van der Waals surface area contributed by atoms with Crippen LogP contribution in [-0.2, 0) is 30.2 Å². The number of carbonyl (C=O) groups is 2. The number of carboxylic acid groups (broad SMARTS) is 1. The Kier molecular flexibility index (Phi) is 10.8. The van der Waals surface area contributed by atoms with Gasteiger partial charge in [-0.2, -0.15) is 0 Å². The van der Waals surface area contributed by atoms with Crippen LogP contribution in [0.5, 0.6) is 0 Å². The summed E-state index contributed by atoms with van der Waals surface area (Å²) in [5, 5.41) is 14.9. The van der Waals surface area contributed by atoms with Gasteiger partial charge >= 0.3 is 11.9 Å². The molecule has 2 aromatic rings. The molecular formula is C22H38N7O6P. The Morgan fingerprint density at radius 3 is 2.61 bits per heavy atom. The maximum atomic E-state index is 13.8. The van der Waals surface area contributed by atoms with Crippen LogP contribution in [0.1, 0.15) is 60.3 Å². The van der Waals surface area contributed by atoms with Crippen LogP contribution >= 0.6 is 7.44 Å². The quantitative estimate of drug-likeness (QED) is 0.142. The van der Waals surface area contributed by atoms with E-state index in [-0.39, 0.29) is 18.8 Å². The van der Waals surface area contributed by atoms with Gasteiger partial charge in [0.05, 0.1) is 25.6 Å². The van der Waals surface area contributed by atoms with Gasteiger partial charge in [0.15, 0.2) is 11.5 Å². The molecule has 3 atom stereocenters. The van der Waals surface area contributed by atoms with Crippen molar-refractivity contribution in [2.75, 3.05) is 18.7 Å². The van der Waals surface area contributed by atoms with Crippen molar-refractivity contribution in [2.45, 2.75) is 84.5 Å². The zero-order valence-electron chi connectivity index (χ0n) is 21.6. The predicted molar refractivity (Wildman–Crippen MR) is 135 cm³/mol. The number of anilines is 1. The Balaban J connectivity index is 2.05. The van der Waals surface area contributed by atoms with Crippen molar-refractivity contribution in [3.63, 3.8) is 0 Å². The molecule has 0 aliphatic rings. The van der Waals surface area contributed by atoms with Crippen molar-refractivity contribution in [3.8, 4) is 0 Å². The Labute approximate surface area is 211 Å². The predicted octanol–water partition coefficient (Wildman–Crippen LogP) is 2.52. The molecule has 0 aromatic carbocycles. The number of imidazole rings is 1.